The van der Waals surface area contributed by atoms with Crippen LogP contribution >= 0.6 is 0 Å². The molecule has 7 heteroatoms. The maximum atomic E-state index is 9.58. The number of aromatic nitrogens is 7. The molecule has 0 unspecified atom stereocenters. The van der Waals surface area contributed by atoms with Crippen molar-refractivity contribution < 1.29 is 21.9 Å². The van der Waals surface area contributed by atoms with Crippen LogP contribution in [0.5, 0.6) is 0 Å². The maximum absolute atomic E-state index is 9.58. The molecule has 0 spiro atoms. The van der Waals surface area contributed by atoms with E-state index < -0.39 is 109 Å². The molecule has 5 aromatic heterocycles. The molecule has 0 aliphatic rings. The summed E-state index contributed by atoms with van der Waals surface area (Å²) in [6.07, 6.45) is 0. The van der Waals surface area contributed by atoms with Crippen molar-refractivity contribution in [3.63, 3.8) is 0 Å². The van der Waals surface area contributed by atoms with Gasteiger partial charge < -0.3 is 9.13 Å². The molecule has 0 saturated heterocycles. The van der Waals surface area contributed by atoms with Gasteiger partial charge in [-0.3, -0.25) is 9.13 Å². The minimum Gasteiger partial charge on any atom is -0.309 e. The molecular weight excluding hydrogens is 855 g/mol. The molecule has 0 bridgehead atoms. The quantitative estimate of drug-likeness (QED) is 0.167. The summed E-state index contributed by atoms with van der Waals surface area (Å²) in [4.78, 5) is 15.7. The molecule has 0 amide bonds. The van der Waals surface area contributed by atoms with Gasteiger partial charge in [0.25, 0.3) is 0 Å². The zero-order valence-corrected chi connectivity index (χ0v) is 36.4. The number of hydrogen-bond acceptors (Lipinski definition) is 3. The third-order valence-corrected chi connectivity index (χ3v) is 13.2. The lowest BCUT2D eigenvalue weighted by atomic mass is 9.95. The number of para-hydroxylation sites is 9. The van der Waals surface area contributed by atoms with E-state index in [1.165, 1.54) is 0 Å². The molecule has 15 aromatic rings. The van der Waals surface area contributed by atoms with Gasteiger partial charge in [0.2, 0.25) is 11.9 Å². The molecule has 326 valence electrons. The Hall–Kier alpha value is -9.59. The molecule has 15 rings (SSSR count). The molecule has 0 aliphatic heterocycles. The van der Waals surface area contributed by atoms with Crippen molar-refractivity contribution in [2.75, 3.05) is 0 Å². The summed E-state index contributed by atoms with van der Waals surface area (Å²) in [5.41, 5.74) is 4.64. The summed E-state index contributed by atoms with van der Waals surface area (Å²) < 4.78 is 154. The lowest BCUT2D eigenvalue weighted by Gasteiger charge is -2.20. The molecule has 0 aliphatic carbocycles. The Bertz CT molecular complexity index is 5190. The molecule has 7 nitrogen and oxygen atoms in total. The Morgan fingerprint density at radius 2 is 0.714 bits per heavy atom. The minimum atomic E-state index is -0.716. The molecule has 0 atom stereocenters. The number of hydrogen-bond donors (Lipinski definition) is 0. The summed E-state index contributed by atoms with van der Waals surface area (Å²) in [5.74, 6) is -1.20. The van der Waals surface area contributed by atoms with Gasteiger partial charge in [-0.2, -0.15) is 15.0 Å². The largest absolute Gasteiger partial charge is 0.309 e. The second-order valence-corrected chi connectivity index (χ2v) is 16.8. The van der Waals surface area contributed by atoms with Crippen LogP contribution in [-0.4, -0.2) is 33.2 Å². The van der Waals surface area contributed by atoms with Crippen LogP contribution < -0.4 is 0 Å². The monoisotopic (exact) mass is 909 g/mol. The van der Waals surface area contributed by atoms with Crippen LogP contribution in [0.2, 0.25) is 0 Å². The minimum absolute atomic E-state index is 0.190. The third kappa shape index (κ3) is 5.48. The van der Waals surface area contributed by atoms with Crippen LogP contribution in [0, 0.1) is 0 Å². The first-order chi connectivity index (χ1) is 41.4. The number of nitrogens with zero attached hydrogens (tertiary/aromatic N) is 7. The fourth-order valence-electron chi connectivity index (χ4n) is 10.4. The van der Waals surface area contributed by atoms with Gasteiger partial charge >= 0.3 is 0 Å². The highest BCUT2D eigenvalue weighted by atomic mass is 15.3. The lowest BCUT2D eigenvalue weighted by molar-refractivity contribution is 0.892. The number of benzene rings is 10. The highest BCUT2D eigenvalue weighted by Gasteiger charge is 2.27. The Kier molecular flexibility index (Phi) is 5.57. The van der Waals surface area contributed by atoms with E-state index in [4.69, 9.17) is 25.9 Å². The summed E-state index contributed by atoms with van der Waals surface area (Å²) >= 11 is 0. The van der Waals surface area contributed by atoms with Crippen molar-refractivity contribution in [1.29, 1.82) is 0 Å². The molecule has 0 N–H and O–H groups in total. The van der Waals surface area contributed by atoms with Crippen LogP contribution in [0.15, 0.2) is 236 Å². The normalized spacial score (nSPS) is 15.2. The van der Waals surface area contributed by atoms with E-state index in [-0.39, 0.29) is 49.4 Å². The van der Waals surface area contributed by atoms with Gasteiger partial charge in [0.1, 0.15) is 0 Å². The first-order valence-electron chi connectivity index (χ1n) is 30.4. The van der Waals surface area contributed by atoms with Gasteiger partial charge in [0.15, 0.2) is 5.82 Å². The van der Waals surface area contributed by atoms with E-state index in [0.717, 1.165) is 58.4 Å². The molecule has 0 radical (unpaired) electrons. The Labute approximate surface area is 423 Å². The second kappa shape index (κ2) is 15.0. The highest BCUT2D eigenvalue weighted by Crippen LogP contribution is 2.45. The van der Waals surface area contributed by atoms with Crippen LogP contribution in [0.4, 0.5) is 0 Å². The molecule has 70 heavy (non-hydrogen) atoms. The van der Waals surface area contributed by atoms with E-state index in [1.54, 1.807) is 0 Å². The lowest BCUT2D eigenvalue weighted by Crippen LogP contribution is -2.11. The van der Waals surface area contributed by atoms with Crippen molar-refractivity contribution in [3.8, 4) is 45.8 Å². The van der Waals surface area contributed by atoms with Crippen LogP contribution in [-0.2, 0) is 0 Å². The van der Waals surface area contributed by atoms with Crippen molar-refractivity contribution in [2.45, 2.75) is 0 Å². The van der Waals surface area contributed by atoms with Crippen LogP contribution in [0.25, 0.3) is 133 Å². The summed E-state index contributed by atoms with van der Waals surface area (Å²) in [6.45, 7) is 0. The molecule has 5 heterocycles. The zero-order valence-electron chi connectivity index (χ0n) is 52.4. The third-order valence-electron chi connectivity index (χ3n) is 13.2. The van der Waals surface area contributed by atoms with Gasteiger partial charge in [-0.1, -0.05) is 176 Å². The van der Waals surface area contributed by atoms with Gasteiger partial charge in [0, 0.05) is 54.3 Å². The molecule has 0 fully saturated rings. The van der Waals surface area contributed by atoms with Crippen molar-refractivity contribution in [2.24, 2.45) is 0 Å². The highest BCUT2D eigenvalue weighted by molar-refractivity contribution is 6.16. The number of rotatable bonds is 6. The summed E-state index contributed by atoms with van der Waals surface area (Å²) in [5, 5.41) is 2.48. The average Bonchev–Trinajstić information content (AvgIpc) is 1.61. The SMILES string of the molecule is [2H]c1c([2H])c([2H])c2c(c1[2H])c1c([2H])c([2H])c([2H])c([2H])c1n2-c1nc(-c2c(-c3cccc4c5ccccc5n(-c5ccccc5)c34)cccc2-n2c3ccccc3c3ccccc32)nc(-n2c3c([2H])c([2H])c([2H])c([2H])c3c3c([2H])c([2H])c([2H])c([2H])c32)n1. The molecule has 0 saturated carbocycles. The van der Waals surface area contributed by atoms with Gasteiger partial charge in [-0.05, 0) is 66.1 Å². The van der Waals surface area contributed by atoms with E-state index in [2.05, 4.69) is 9.13 Å². The molecule has 10 aromatic carbocycles. The van der Waals surface area contributed by atoms with Gasteiger partial charge in [0.05, 0.1) is 77.3 Å². The first-order valence-corrected chi connectivity index (χ1v) is 22.4. The van der Waals surface area contributed by atoms with E-state index in [0.29, 0.717) is 22.4 Å². The predicted molar refractivity (Wildman–Crippen MR) is 288 cm³/mol. The zero-order chi connectivity index (χ0) is 59.8. The van der Waals surface area contributed by atoms with Gasteiger partial charge in [-0.25, -0.2) is 0 Å². The Balaban J connectivity index is 1.21. The fraction of sp³-hybridized carbons (Fsp3) is 0. The van der Waals surface area contributed by atoms with Crippen LogP contribution in [0.3, 0.4) is 0 Å². The topological polar surface area (TPSA) is 58.4 Å². The van der Waals surface area contributed by atoms with Gasteiger partial charge in [-0.15, -0.1) is 0 Å². The summed E-state index contributed by atoms with van der Waals surface area (Å²) in [7, 11) is 0. The fourth-order valence-corrected chi connectivity index (χ4v) is 10.4. The second-order valence-electron chi connectivity index (χ2n) is 16.8. The Morgan fingerprint density at radius 1 is 0.300 bits per heavy atom. The van der Waals surface area contributed by atoms with E-state index in [1.807, 2.05) is 140 Å². The standard InChI is InChI=1S/C63H39N7/c1-2-20-40(21-3-1)67-51-32-11-10-28-47(51)49-30-18-31-50(60(49)67)48-29-19-39-58(68-52-33-12-4-22-41(52)42-23-5-13-34-53(42)68)59(48)61-64-62(69-54-35-14-6-24-43(54)44-25-7-15-36-55(44)69)66-63(65-61)70-56-37-16-8-26-45(56)46-27-9-17-38-57(46)70/h1-39H/i6D,7D,8D,9D,14D,15D,16D,17D,24D,25D,26D,27D,35D,36D,37D,38D. The van der Waals surface area contributed by atoms with Crippen molar-refractivity contribution in [3.05, 3.63) is 236 Å². The predicted octanol–water partition coefficient (Wildman–Crippen LogP) is 15.6. The number of fused-ring (bicyclic) bond motifs is 12. The summed E-state index contributed by atoms with van der Waals surface area (Å²) in [6, 6.07) is 34.4. The van der Waals surface area contributed by atoms with E-state index in [9.17, 15) is 11.0 Å². The Morgan fingerprint density at radius 3 is 1.24 bits per heavy atom. The van der Waals surface area contributed by atoms with Crippen molar-refractivity contribution >= 4 is 87.2 Å². The average molecular weight is 910 g/mol. The van der Waals surface area contributed by atoms with Crippen molar-refractivity contribution in [1.82, 2.24) is 33.2 Å². The smallest absolute Gasteiger partial charge is 0.240 e. The maximum Gasteiger partial charge on any atom is 0.240 e. The first kappa shape index (κ1) is 26.1. The van der Waals surface area contributed by atoms with E-state index >= 15 is 0 Å². The molecular formula is C63H39N7. The van der Waals surface area contributed by atoms with Crippen LogP contribution in [0.1, 0.15) is 21.9 Å².